The van der Waals surface area contributed by atoms with E-state index in [1.807, 2.05) is 31.2 Å². The highest BCUT2D eigenvalue weighted by Crippen LogP contribution is 2.22. The second-order valence-corrected chi connectivity index (χ2v) is 5.39. The van der Waals surface area contributed by atoms with E-state index in [0.717, 1.165) is 30.6 Å². The molecule has 0 N–H and O–H groups in total. The molecule has 2 nitrogen and oxygen atoms in total. The van der Waals surface area contributed by atoms with Crippen LogP contribution in [-0.2, 0) is 0 Å². The summed E-state index contributed by atoms with van der Waals surface area (Å²) >= 11 is 0. The molecule has 0 aliphatic carbocycles. The number of nitrogens with zero attached hydrogens (tertiary/aromatic N) is 1. The summed E-state index contributed by atoms with van der Waals surface area (Å²) in [6.45, 7) is 2.69. The van der Waals surface area contributed by atoms with Gasteiger partial charge >= 0.3 is 0 Å². The molecule has 2 aromatic rings. The molecule has 22 heavy (non-hydrogen) atoms. The van der Waals surface area contributed by atoms with Gasteiger partial charge in [-0.15, -0.1) is 0 Å². The van der Waals surface area contributed by atoms with Crippen molar-refractivity contribution in [2.45, 2.75) is 32.1 Å². The average molecular weight is 297 g/mol. The first-order valence-electron chi connectivity index (χ1n) is 7.53. The number of hydrogen-bond donors (Lipinski definition) is 0. The number of rotatable bonds is 7. The first kappa shape index (κ1) is 16.0. The largest absolute Gasteiger partial charge is 0.494 e. The molecular formula is C19H20FNO. The minimum atomic E-state index is -0.271. The quantitative estimate of drug-likeness (QED) is 0.674. The predicted octanol–water partition coefficient (Wildman–Crippen LogP) is 4.99. The number of benzene rings is 2. The van der Waals surface area contributed by atoms with Gasteiger partial charge in [-0.2, -0.15) is 5.26 Å². The van der Waals surface area contributed by atoms with E-state index >= 15 is 0 Å². The molecule has 0 aliphatic heterocycles. The fraction of sp³-hybridized carbons (Fsp3) is 0.316. The van der Waals surface area contributed by atoms with Crippen LogP contribution >= 0.6 is 0 Å². The molecule has 2 rings (SSSR count). The van der Waals surface area contributed by atoms with Crippen LogP contribution in [0.4, 0.5) is 4.39 Å². The summed E-state index contributed by atoms with van der Waals surface area (Å²) in [6.07, 6.45) is 2.56. The van der Waals surface area contributed by atoms with Gasteiger partial charge in [0.25, 0.3) is 0 Å². The van der Waals surface area contributed by atoms with Crippen molar-refractivity contribution in [2.24, 2.45) is 0 Å². The van der Waals surface area contributed by atoms with Gasteiger partial charge in [0.15, 0.2) is 0 Å². The van der Waals surface area contributed by atoms with Crippen LogP contribution in [0, 0.1) is 24.1 Å². The molecule has 0 saturated carbocycles. The second-order valence-electron chi connectivity index (χ2n) is 5.39. The van der Waals surface area contributed by atoms with E-state index in [2.05, 4.69) is 6.07 Å². The maximum atomic E-state index is 12.9. The van der Waals surface area contributed by atoms with Crippen LogP contribution < -0.4 is 4.74 Å². The van der Waals surface area contributed by atoms with Gasteiger partial charge < -0.3 is 4.74 Å². The number of aryl methyl sites for hydroxylation is 1. The number of hydrogen-bond acceptors (Lipinski definition) is 2. The summed E-state index contributed by atoms with van der Waals surface area (Å²) in [5.74, 6) is 0.424. The van der Waals surface area contributed by atoms with Crippen molar-refractivity contribution in [3.63, 3.8) is 0 Å². The normalized spacial score (nSPS) is 11.7. The van der Waals surface area contributed by atoms with Crippen LogP contribution in [0.5, 0.6) is 5.75 Å². The Hall–Kier alpha value is -2.34. The zero-order valence-corrected chi connectivity index (χ0v) is 12.8. The van der Waals surface area contributed by atoms with Gasteiger partial charge in [0.2, 0.25) is 0 Å². The number of nitriles is 1. The molecule has 1 unspecified atom stereocenters. The highest BCUT2D eigenvalue weighted by molar-refractivity contribution is 5.26. The third-order valence-corrected chi connectivity index (χ3v) is 3.61. The Morgan fingerprint density at radius 2 is 1.73 bits per heavy atom. The molecule has 0 aliphatic rings. The Labute approximate surface area is 131 Å². The lowest BCUT2D eigenvalue weighted by molar-refractivity contribution is 0.304. The summed E-state index contributed by atoms with van der Waals surface area (Å²) in [7, 11) is 0. The molecule has 2 aromatic carbocycles. The maximum absolute atomic E-state index is 12.9. The van der Waals surface area contributed by atoms with E-state index in [1.54, 1.807) is 12.1 Å². The van der Waals surface area contributed by atoms with E-state index in [0.29, 0.717) is 6.61 Å². The first-order chi connectivity index (χ1) is 10.7. The van der Waals surface area contributed by atoms with E-state index in [9.17, 15) is 9.65 Å². The van der Waals surface area contributed by atoms with Gasteiger partial charge in [-0.25, -0.2) is 4.39 Å². The number of ether oxygens (including phenoxy) is 1. The van der Waals surface area contributed by atoms with E-state index in [4.69, 9.17) is 4.74 Å². The highest BCUT2D eigenvalue weighted by Gasteiger charge is 2.10. The lowest BCUT2D eigenvalue weighted by atomic mass is 9.95. The van der Waals surface area contributed by atoms with Crippen molar-refractivity contribution in [3.8, 4) is 11.8 Å². The molecule has 0 radical (unpaired) electrons. The second kappa shape index (κ2) is 8.19. The molecule has 0 spiro atoms. The Balaban J connectivity index is 1.72. The van der Waals surface area contributed by atoms with E-state index in [-0.39, 0.29) is 11.7 Å². The Morgan fingerprint density at radius 3 is 2.36 bits per heavy atom. The van der Waals surface area contributed by atoms with Crippen molar-refractivity contribution in [1.29, 1.82) is 5.26 Å². The van der Waals surface area contributed by atoms with E-state index < -0.39 is 0 Å². The smallest absolute Gasteiger partial charge is 0.123 e. The standard InChI is InChI=1S/C19H20FNO/c1-15-5-11-19(12-6-15)22-13-3-2-4-17(14-21)16-7-9-18(20)10-8-16/h5-12,17H,2-4,13H2,1H3. The van der Waals surface area contributed by atoms with Crippen molar-refractivity contribution in [3.05, 3.63) is 65.5 Å². The van der Waals surface area contributed by atoms with Crippen LogP contribution in [0.1, 0.15) is 36.3 Å². The molecule has 0 bridgehead atoms. The summed E-state index contributed by atoms with van der Waals surface area (Å²) in [5, 5.41) is 9.23. The SMILES string of the molecule is Cc1ccc(OCCCCC(C#N)c2ccc(F)cc2)cc1. The first-order valence-corrected chi connectivity index (χ1v) is 7.53. The fourth-order valence-electron chi connectivity index (χ4n) is 2.28. The molecular weight excluding hydrogens is 277 g/mol. The molecule has 0 heterocycles. The topological polar surface area (TPSA) is 33.0 Å². The monoisotopic (exact) mass is 297 g/mol. The average Bonchev–Trinajstić information content (AvgIpc) is 2.54. The number of unbranched alkanes of at least 4 members (excludes halogenated alkanes) is 1. The third kappa shape index (κ3) is 4.89. The predicted molar refractivity (Wildman–Crippen MR) is 85.3 cm³/mol. The summed E-state index contributed by atoms with van der Waals surface area (Å²) in [5.41, 5.74) is 2.09. The lowest BCUT2D eigenvalue weighted by Gasteiger charge is -2.10. The van der Waals surface area contributed by atoms with Crippen LogP contribution in [0.25, 0.3) is 0 Å². The highest BCUT2D eigenvalue weighted by atomic mass is 19.1. The fourth-order valence-corrected chi connectivity index (χ4v) is 2.28. The lowest BCUT2D eigenvalue weighted by Crippen LogP contribution is -2.00. The van der Waals surface area contributed by atoms with Crippen LogP contribution in [0.15, 0.2) is 48.5 Å². The van der Waals surface area contributed by atoms with Gasteiger partial charge in [0, 0.05) is 0 Å². The summed E-state index contributed by atoms with van der Waals surface area (Å²) in [4.78, 5) is 0. The van der Waals surface area contributed by atoms with Crippen LogP contribution in [0.2, 0.25) is 0 Å². The number of halogens is 1. The molecule has 0 aromatic heterocycles. The Morgan fingerprint density at radius 1 is 1.05 bits per heavy atom. The van der Waals surface area contributed by atoms with Crippen molar-refractivity contribution in [2.75, 3.05) is 6.61 Å². The summed E-state index contributed by atoms with van der Waals surface area (Å²) in [6, 6.07) is 16.4. The minimum Gasteiger partial charge on any atom is -0.494 e. The van der Waals surface area contributed by atoms with Crippen molar-refractivity contribution in [1.82, 2.24) is 0 Å². The molecule has 0 saturated heterocycles. The third-order valence-electron chi connectivity index (χ3n) is 3.61. The molecule has 0 fully saturated rings. The molecule has 0 amide bonds. The summed E-state index contributed by atoms with van der Waals surface area (Å²) < 4.78 is 18.6. The zero-order chi connectivity index (χ0) is 15.8. The van der Waals surface area contributed by atoms with Gasteiger partial charge in [-0.3, -0.25) is 0 Å². The van der Waals surface area contributed by atoms with Gasteiger partial charge in [0.1, 0.15) is 11.6 Å². The Kier molecular flexibility index (Phi) is 5.97. The van der Waals surface area contributed by atoms with Crippen molar-refractivity contribution >= 4 is 0 Å². The van der Waals surface area contributed by atoms with Gasteiger partial charge in [0.05, 0.1) is 18.6 Å². The molecule has 1 atom stereocenters. The van der Waals surface area contributed by atoms with Crippen LogP contribution in [-0.4, -0.2) is 6.61 Å². The maximum Gasteiger partial charge on any atom is 0.123 e. The van der Waals surface area contributed by atoms with Crippen LogP contribution in [0.3, 0.4) is 0 Å². The van der Waals surface area contributed by atoms with Gasteiger partial charge in [-0.1, -0.05) is 29.8 Å². The molecule has 3 heteroatoms. The van der Waals surface area contributed by atoms with E-state index in [1.165, 1.54) is 17.7 Å². The minimum absolute atomic E-state index is 0.181. The zero-order valence-electron chi connectivity index (χ0n) is 12.8. The van der Waals surface area contributed by atoms with Gasteiger partial charge in [-0.05, 0) is 56.0 Å². The molecule has 114 valence electrons. The van der Waals surface area contributed by atoms with Crippen molar-refractivity contribution < 1.29 is 9.13 Å². The Bertz CT molecular complexity index is 613.